The van der Waals surface area contributed by atoms with Crippen LogP contribution in [0.1, 0.15) is 57.7 Å². The molecule has 1 aliphatic rings. The average molecular weight is 434 g/mol. The molecule has 158 valence electrons. The van der Waals surface area contributed by atoms with Crippen molar-refractivity contribution in [3.8, 4) is 16.8 Å². The zero-order valence-corrected chi connectivity index (χ0v) is 18.5. The Bertz CT molecular complexity index is 1240. The summed E-state index contributed by atoms with van der Waals surface area (Å²) in [5.74, 6) is 6.50. The van der Waals surface area contributed by atoms with Crippen molar-refractivity contribution < 1.29 is 9.90 Å². The summed E-state index contributed by atoms with van der Waals surface area (Å²) in [7, 11) is 0. The predicted molar refractivity (Wildman–Crippen MR) is 121 cm³/mol. The van der Waals surface area contributed by atoms with E-state index < -0.39 is 12.0 Å². The van der Waals surface area contributed by atoms with Crippen molar-refractivity contribution in [2.45, 2.75) is 39.7 Å². The third-order valence-corrected chi connectivity index (χ3v) is 6.46. The number of aliphatic imine (C=N–C) groups is 1. The van der Waals surface area contributed by atoms with Crippen LogP contribution in [-0.4, -0.2) is 38.1 Å². The van der Waals surface area contributed by atoms with Gasteiger partial charge in [0, 0.05) is 34.5 Å². The molecule has 8 heteroatoms. The molecule has 0 bridgehead atoms. The molecule has 3 heterocycles. The Balaban J connectivity index is 1.89. The number of benzene rings is 1. The summed E-state index contributed by atoms with van der Waals surface area (Å²) in [4.78, 5) is 17.7. The summed E-state index contributed by atoms with van der Waals surface area (Å²) in [5.41, 5.74) is 10.2. The van der Waals surface area contributed by atoms with Crippen molar-refractivity contribution >= 4 is 23.0 Å². The molecule has 3 N–H and O–H groups in total. The number of aromatic nitrogens is 3. The Morgan fingerprint density at radius 1 is 1.23 bits per heavy atom. The van der Waals surface area contributed by atoms with Gasteiger partial charge in [-0.2, -0.15) is 0 Å². The number of thiophene rings is 1. The molecule has 0 saturated heterocycles. The largest absolute Gasteiger partial charge is 0.481 e. The molecule has 0 unspecified atom stereocenters. The third-order valence-electron chi connectivity index (χ3n) is 5.27. The Labute approximate surface area is 184 Å². The van der Waals surface area contributed by atoms with Crippen LogP contribution in [-0.2, 0) is 4.79 Å². The van der Waals surface area contributed by atoms with Gasteiger partial charge in [-0.3, -0.25) is 14.4 Å². The highest BCUT2D eigenvalue weighted by atomic mass is 32.1. The second kappa shape index (κ2) is 8.46. The van der Waals surface area contributed by atoms with Crippen molar-refractivity contribution in [1.29, 1.82) is 0 Å². The van der Waals surface area contributed by atoms with Crippen LogP contribution >= 0.6 is 11.3 Å². The van der Waals surface area contributed by atoms with Crippen molar-refractivity contribution in [3.05, 3.63) is 63.0 Å². The first-order valence-electron chi connectivity index (χ1n) is 10.0. The summed E-state index contributed by atoms with van der Waals surface area (Å²) in [5, 5.41) is 19.0. The van der Waals surface area contributed by atoms with Gasteiger partial charge < -0.3 is 10.8 Å². The summed E-state index contributed by atoms with van der Waals surface area (Å²) < 4.78 is 1.96. The Kier molecular flexibility index (Phi) is 5.72. The van der Waals surface area contributed by atoms with Gasteiger partial charge in [0.2, 0.25) is 0 Å². The summed E-state index contributed by atoms with van der Waals surface area (Å²) in [6.07, 6.45) is 0.498. The van der Waals surface area contributed by atoms with E-state index in [1.165, 1.54) is 4.88 Å². The fraction of sp³-hybridized carbons (Fsp3) is 0.304. The van der Waals surface area contributed by atoms with E-state index in [4.69, 9.17) is 10.7 Å². The van der Waals surface area contributed by atoms with Crippen LogP contribution in [0.15, 0.2) is 29.3 Å². The first-order chi connectivity index (χ1) is 14.9. The molecular weight excluding hydrogens is 410 g/mol. The minimum atomic E-state index is -0.927. The van der Waals surface area contributed by atoms with E-state index in [0.717, 1.165) is 38.8 Å². The van der Waals surface area contributed by atoms with E-state index in [1.54, 1.807) is 11.3 Å². The number of nitrogens with zero attached hydrogens (tertiary/aromatic N) is 4. The normalized spacial score (nSPS) is 14.7. The molecule has 4 rings (SSSR count). The number of hydrogen-bond acceptors (Lipinski definition) is 6. The number of aliphatic carboxylic acids is 1. The molecule has 0 aliphatic carbocycles. The van der Waals surface area contributed by atoms with Crippen molar-refractivity contribution in [3.63, 3.8) is 0 Å². The molecule has 7 nitrogen and oxygen atoms in total. The highest BCUT2D eigenvalue weighted by molar-refractivity contribution is 7.15. The van der Waals surface area contributed by atoms with Gasteiger partial charge in [0.05, 0.1) is 12.1 Å². The molecule has 31 heavy (non-hydrogen) atoms. The number of carboxylic acids is 1. The number of hydrogen-bond donors (Lipinski definition) is 2. The number of aryl methyl sites for hydroxylation is 2. The van der Waals surface area contributed by atoms with Gasteiger partial charge >= 0.3 is 5.97 Å². The average Bonchev–Trinajstić information content (AvgIpc) is 3.21. The van der Waals surface area contributed by atoms with Gasteiger partial charge in [-0.05, 0) is 38.5 Å². The molecular formula is C23H23N5O2S. The Morgan fingerprint density at radius 2 is 1.97 bits per heavy atom. The standard InChI is InChI=1S/C23H23N5O2S/c1-13-14(2)31-23-20(13)21(17-9-7-16(8-10-17)6-4-5-11-24)25-18(12-19(29)30)22-27-26-15(3)28(22)23/h7-10,18H,5,11-12,24H2,1-3H3,(H,29,30)/t18-/m0/s1. The topological polar surface area (TPSA) is 106 Å². The minimum Gasteiger partial charge on any atom is -0.481 e. The molecule has 0 fully saturated rings. The molecule has 1 aromatic carbocycles. The second-order valence-corrected chi connectivity index (χ2v) is 8.62. The first kappa shape index (κ1) is 21.0. The lowest BCUT2D eigenvalue weighted by atomic mass is 9.98. The highest BCUT2D eigenvalue weighted by Gasteiger charge is 2.32. The van der Waals surface area contributed by atoms with E-state index in [9.17, 15) is 9.90 Å². The number of rotatable bonds is 4. The lowest BCUT2D eigenvalue weighted by Crippen LogP contribution is -2.10. The zero-order chi connectivity index (χ0) is 22.1. The minimum absolute atomic E-state index is 0.156. The lowest BCUT2D eigenvalue weighted by Gasteiger charge is -2.10. The van der Waals surface area contributed by atoms with Gasteiger partial charge in [0.1, 0.15) is 16.9 Å². The van der Waals surface area contributed by atoms with Crippen molar-refractivity contribution in [2.75, 3.05) is 6.54 Å². The predicted octanol–water partition coefficient (Wildman–Crippen LogP) is 3.32. The van der Waals surface area contributed by atoms with Crippen molar-refractivity contribution in [2.24, 2.45) is 10.7 Å². The van der Waals surface area contributed by atoms with Crippen LogP contribution in [0.4, 0.5) is 0 Å². The van der Waals surface area contributed by atoms with Crippen LogP contribution in [0.3, 0.4) is 0 Å². The maximum atomic E-state index is 11.6. The molecule has 3 aromatic rings. The summed E-state index contributed by atoms with van der Waals surface area (Å²) in [6, 6.07) is 7.25. The second-order valence-electron chi connectivity index (χ2n) is 7.41. The Morgan fingerprint density at radius 3 is 2.65 bits per heavy atom. The quantitative estimate of drug-likeness (QED) is 0.614. The molecule has 1 aliphatic heterocycles. The van der Waals surface area contributed by atoms with Crippen LogP contribution < -0.4 is 5.73 Å². The van der Waals surface area contributed by atoms with E-state index >= 15 is 0 Å². The number of carbonyl (C=O) groups is 1. The first-order valence-corrected chi connectivity index (χ1v) is 10.8. The molecule has 0 saturated carbocycles. The summed E-state index contributed by atoms with van der Waals surface area (Å²) >= 11 is 1.65. The zero-order valence-electron chi connectivity index (χ0n) is 17.6. The van der Waals surface area contributed by atoms with E-state index in [2.05, 4.69) is 35.9 Å². The number of fused-ring (bicyclic) bond motifs is 3. The number of carboxylic acid groups (broad SMARTS) is 1. The smallest absolute Gasteiger partial charge is 0.306 e. The molecule has 0 amide bonds. The third kappa shape index (κ3) is 3.90. The van der Waals surface area contributed by atoms with E-state index in [-0.39, 0.29) is 6.42 Å². The molecule has 1 atom stereocenters. The van der Waals surface area contributed by atoms with Gasteiger partial charge in [0.25, 0.3) is 0 Å². The maximum Gasteiger partial charge on any atom is 0.306 e. The van der Waals surface area contributed by atoms with Crippen LogP contribution in [0.25, 0.3) is 5.00 Å². The Hall–Kier alpha value is -3.28. The van der Waals surface area contributed by atoms with Gasteiger partial charge in [-0.1, -0.05) is 24.0 Å². The monoisotopic (exact) mass is 433 g/mol. The fourth-order valence-electron chi connectivity index (χ4n) is 3.64. The SMILES string of the molecule is Cc1sc2c(c1C)C(c1ccc(C#CCCN)cc1)=N[C@@H](CC(=O)O)c1nnc(C)n1-2. The van der Waals surface area contributed by atoms with Crippen LogP contribution in [0.5, 0.6) is 0 Å². The van der Waals surface area contributed by atoms with Gasteiger partial charge in [-0.25, -0.2) is 0 Å². The number of nitrogens with two attached hydrogens (primary N) is 1. The lowest BCUT2D eigenvalue weighted by molar-refractivity contribution is -0.137. The van der Waals surface area contributed by atoms with Gasteiger partial charge in [0.15, 0.2) is 5.82 Å². The summed E-state index contributed by atoms with van der Waals surface area (Å²) in [6.45, 7) is 6.57. The van der Waals surface area contributed by atoms with E-state index in [0.29, 0.717) is 18.8 Å². The van der Waals surface area contributed by atoms with Crippen molar-refractivity contribution in [1.82, 2.24) is 14.8 Å². The highest BCUT2D eigenvalue weighted by Crippen LogP contribution is 2.39. The van der Waals surface area contributed by atoms with E-state index in [1.807, 2.05) is 35.8 Å². The maximum absolute atomic E-state index is 11.6. The van der Waals surface area contributed by atoms with Crippen LogP contribution in [0, 0.1) is 32.6 Å². The van der Waals surface area contributed by atoms with Gasteiger partial charge in [-0.15, -0.1) is 21.5 Å². The fourth-order valence-corrected chi connectivity index (χ4v) is 4.85. The molecule has 0 spiro atoms. The molecule has 2 aromatic heterocycles. The molecule has 0 radical (unpaired) electrons. The van der Waals surface area contributed by atoms with Crippen LogP contribution in [0.2, 0.25) is 0 Å².